The summed E-state index contributed by atoms with van der Waals surface area (Å²) in [5.41, 5.74) is 0. The third-order valence-corrected chi connectivity index (χ3v) is 5.24. The number of rotatable bonds is 5. The number of hydrogen-bond donors (Lipinski definition) is 2. The van der Waals surface area contributed by atoms with Crippen molar-refractivity contribution in [2.24, 2.45) is 17.8 Å². The van der Waals surface area contributed by atoms with E-state index in [9.17, 15) is 0 Å². The first-order valence-electron chi connectivity index (χ1n) is 10.9. The molecule has 0 bridgehead atoms. The maximum atomic E-state index is 8.14. The molecule has 2 N–H and O–H groups in total. The second-order valence-corrected chi connectivity index (χ2v) is 8.92. The van der Waals surface area contributed by atoms with Gasteiger partial charge in [0.1, 0.15) is 0 Å². The van der Waals surface area contributed by atoms with Crippen LogP contribution in [-0.4, -0.2) is 48.3 Å². The molecule has 25 heavy (non-hydrogen) atoms. The van der Waals surface area contributed by atoms with Crippen LogP contribution in [0.3, 0.4) is 0 Å². The van der Waals surface area contributed by atoms with E-state index in [1.807, 2.05) is 13.8 Å². The van der Waals surface area contributed by atoms with E-state index in [2.05, 4.69) is 44.8 Å². The smallest absolute Gasteiger partial charge is 0.0453 e. The van der Waals surface area contributed by atoms with Gasteiger partial charge in [-0.1, -0.05) is 67.7 Å². The van der Waals surface area contributed by atoms with Crippen molar-refractivity contribution in [2.45, 2.75) is 99.1 Å². The van der Waals surface area contributed by atoms with E-state index < -0.39 is 0 Å². The van der Waals surface area contributed by atoms with Crippen molar-refractivity contribution < 1.29 is 6.53 Å². The Balaban J connectivity index is 0. The molecule has 1 unspecified atom stereocenters. The quantitative estimate of drug-likeness (QED) is 0.710. The van der Waals surface area contributed by atoms with Gasteiger partial charge in [-0.05, 0) is 50.1 Å². The molecule has 0 amide bonds. The summed E-state index contributed by atoms with van der Waals surface area (Å²) in [7, 11) is 0. The molecule has 2 aliphatic rings. The molecule has 154 valence electrons. The van der Waals surface area contributed by atoms with E-state index in [1.54, 1.807) is 0 Å². The maximum Gasteiger partial charge on any atom is 0.0453 e. The zero-order valence-electron chi connectivity index (χ0n) is 18.4. The first kappa shape index (κ1) is 24.9. The number of nitrogens with zero attached hydrogens (tertiary/aromatic N) is 1. The van der Waals surface area contributed by atoms with E-state index in [4.69, 9.17) is 5.11 Å². The van der Waals surface area contributed by atoms with Crippen molar-refractivity contribution >= 4 is 0 Å². The fourth-order valence-corrected chi connectivity index (χ4v) is 3.43. The van der Waals surface area contributed by atoms with E-state index in [-0.39, 0.29) is 1.43 Å². The summed E-state index contributed by atoms with van der Waals surface area (Å²) >= 11 is 0. The largest absolute Gasteiger partial charge is 0.396 e. The SMILES string of the molecule is CC(C)CO.CC(C)NC1CCCCC1.CCN1CCC(C(C)C)C1.[HH]. The second kappa shape index (κ2) is 15.0. The molecule has 0 aromatic rings. The Hall–Kier alpha value is -0.120. The van der Waals surface area contributed by atoms with Crippen LogP contribution >= 0.6 is 0 Å². The molecule has 2 fully saturated rings. The molecule has 1 aliphatic carbocycles. The van der Waals surface area contributed by atoms with Crippen molar-refractivity contribution in [2.75, 3.05) is 26.2 Å². The van der Waals surface area contributed by atoms with Gasteiger partial charge in [0.25, 0.3) is 0 Å². The van der Waals surface area contributed by atoms with Crippen LogP contribution < -0.4 is 5.32 Å². The Labute approximate surface area is 160 Å². The van der Waals surface area contributed by atoms with Crippen LogP contribution in [0.5, 0.6) is 0 Å². The Morgan fingerprint density at radius 2 is 1.56 bits per heavy atom. The van der Waals surface area contributed by atoms with Crippen LogP contribution in [0.4, 0.5) is 0 Å². The highest BCUT2D eigenvalue weighted by atomic mass is 16.3. The minimum atomic E-state index is 0. The molecule has 1 saturated carbocycles. The number of hydrogen-bond acceptors (Lipinski definition) is 3. The van der Waals surface area contributed by atoms with Crippen LogP contribution in [0.2, 0.25) is 0 Å². The standard InChI is InChI=1S/2C9H19N.C4H10O.H2/c1-8(2)10-9-6-4-3-5-7-9;1-4-10-6-5-9(7-10)8(2)3;1-4(2)3-5;/h8-10H,3-7H2,1-2H3;8-9H,4-7H2,1-3H3;4-5H,3H2,1-2H3;1H. The van der Waals surface area contributed by atoms with Gasteiger partial charge in [-0.15, -0.1) is 0 Å². The van der Waals surface area contributed by atoms with Gasteiger partial charge in [0.15, 0.2) is 0 Å². The summed E-state index contributed by atoms with van der Waals surface area (Å²) in [5, 5.41) is 11.7. The molecule has 0 aromatic heterocycles. The lowest BCUT2D eigenvalue weighted by Crippen LogP contribution is -2.35. The molecule has 0 aromatic carbocycles. The van der Waals surface area contributed by atoms with Crippen LogP contribution in [-0.2, 0) is 0 Å². The van der Waals surface area contributed by atoms with Crippen molar-refractivity contribution in [1.82, 2.24) is 10.2 Å². The lowest BCUT2D eigenvalue weighted by atomic mass is 9.95. The van der Waals surface area contributed by atoms with Crippen molar-refractivity contribution in [3.8, 4) is 0 Å². The summed E-state index contributed by atoms with van der Waals surface area (Å²) in [5.74, 6) is 2.30. The summed E-state index contributed by atoms with van der Waals surface area (Å²) in [6.45, 7) is 19.6. The molecule has 2 rings (SSSR count). The van der Waals surface area contributed by atoms with E-state index >= 15 is 0 Å². The van der Waals surface area contributed by atoms with Gasteiger partial charge >= 0.3 is 0 Å². The molecule has 3 nitrogen and oxygen atoms in total. The minimum absolute atomic E-state index is 0. The monoisotopic (exact) mass is 358 g/mol. The third-order valence-electron chi connectivity index (χ3n) is 5.24. The highest BCUT2D eigenvalue weighted by Gasteiger charge is 2.23. The van der Waals surface area contributed by atoms with Crippen molar-refractivity contribution in [3.05, 3.63) is 0 Å². The molecule has 0 radical (unpaired) electrons. The molecule has 1 heterocycles. The predicted octanol–water partition coefficient (Wildman–Crippen LogP) is 5.18. The van der Waals surface area contributed by atoms with Gasteiger partial charge in [0, 0.05) is 26.7 Å². The van der Waals surface area contributed by atoms with E-state index in [1.165, 1.54) is 58.2 Å². The topological polar surface area (TPSA) is 35.5 Å². The van der Waals surface area contributed by atoms with Crippen LogP contribution in [0.1, 0.15) is 88.4 Å². The van der Waals surface area contributed by atoms with E-state index in [0.29, 0.717) is 18.6 Å². The van der Waals surface area contributed by atoms with Crippen LogP contribution in [0.25, 0.3) is 0 Å². The average Bonchev–Trinajstić information content (AvgIpc) is 3.06. The summed E-state index contributed by atoms with van der Waals surface area (Å²) in [6.07, 6.45) is 8.55. The molecular formula is C22H50N2O. The van der Waals surface area contributed by atoms with Gasteiger partial charge in [0.2, 0.25) is 0 Å². The Bertz CT molecular complexity index is 292. The zero-order chi connectivity index (χ0) is 19.2. The number of likely N-dealkylation sites (tertiary alicyclic amines) is 1. The summed E-state index contributed by atoms with van der Waals surface area (Å²) in [4.78, 5) is 2.55. The van der Waals surface area contributed by atoms with Gasteiger partial charge in [-0.25, -0.2) is 0 Å². The number of aliphatic hydroxyl groups excluding tert-OH is 1. The number of aliphatic hydroxyl groups is 1. The average molecular weight is 359 g/mol. The molecule has 1 aliphatic heterocycles. The second-order valence-electron chi connectivity index (χ2n) is 8.92. The Morgan fingerprint density at radius 3 is 1.88 bits per heavy atom. The first-order chi connectivity index (χ1) is 11.8. The van der Waals surface area contributed by atoms with Gasteiger partial charge in [-0.3, -0.25) is 0 Å². The van der Waals surface area contributed by atoms with Crippen LogP contribution in [0, 0.1) is 17.8 Å². The highest BCUT2D eigenvalue weighted by molar-refractivity contribution is 4.76. The maximum absolute atomic E-state index is 8.14. The third kappa shape index (κ3) is 13.7. The summed E-state index contributed by atoms with van der Waals surface area (Å²) in [6, 6.07) is 1.50. The lowest BCUT2D eigenvalue weighted by molar-refractivity contribution is 0.248. The molecular weight excluding hydrogens is 308 g/mol. The first-order valence-corrected chi connectivity index (χ1v) is 10.9. The zero-order valence-corrected chi connectivity index (χ0v) is 18.4. The molecule has 1 saturated heterocycles. The Kier molecular flexibility index (Phi) is 14.9. The van der Waals surface area contributed by atoms with Crippen molar-refractivity contribution in [1.29, 1.82) is 0 Å². The minimum Gasteiger partial charge on any atom is -0.396 e. The number of nitrogens with one attached hydrogen (secondary N) is 1. The van der Waals surface area contributed by atoms with Gasteiger partial charge in [-0.2, -0.15) is 0 Å². The van der Waals surface area contributed by atoms with E-state index in [0.717, 1.165) is 17.9 Å². The summed E-state index contributed by atoms with van der Waals surface area (Å²) < 4.78 is 0. The predicted molar refractivity (Wildman–Crippen MR) is 114 cm³/mol. The molecule has 1 atom stereocenters. The normalized spacial score (nSPS) is 22.0. The fraction of sp³-hybridized carbons (Fsp3) is 1.00. The van der Waals surface area contributed by atoms with Crippen molar-refractivity contribution in [3.63, 3.8) is 0 Å². The van der Waals surface area contributed by atoms with Gasteiger partial charge in [0.05, 0.1) is 0 Å². The molecule has 3 heteroatoms. The highest BCUT2D eigenvalue weighted by Crippen LogP contribution is 2.22. The molecule has 0 spiro atoms. The fourth-order valence-electron chi connectivity index (χ4n) is 3.43. The van der Waals surface area contributed by atoms with Crippen LogP contribution in [0.15, 0.2) is 0 Å². The lowest BCUT2D eigenvalue weighted by Gasteiger charge is -2.24. The Morgan fingerprint density at radius 1 is 1.00 bits per heavy atom. The van der Waals surface area contributed by atoms with Gasteiger partial charge < -0.3 is 15.3 Å².